The monoisotopic (exact) mass is 465 g/mol. The van der Waals surface area contributed by atoms with Crippen molar-refractivity contribution >= 4 is 11.8 Å². The maximum absolute atomic E-state index is 12.4. The zero-order valence-electron chi connectivity index (χ0n) is 18.4. The van der Waals surface area contributed by atoms with Gasteiger partial charge >= 0.3 is 6.18 Å². The van der Waals surface area contributed by atoms with Gasteiger partial charge in [-0.05, 0) is 24.7 Å². The van der Waals surface area contributed by atoms with E-state index in [0.29, 0.717) is 24.2 Å². The van der Waals surface area contributed by atoms with Gasteiger partial charge in [0, 0.05) is 18.8 Å². The van der Waals surface area contributed by atoms with Gasteiger partial charge in [-0.15, -0.1) is 0 Å². The van der Waals surface area contributed by atoms with Gasteiger partial charge in [0.1, 0.15) is 23.8 Å². The van der Waals surface area contributed by atoms with E-state index in [4.69, 9.17) is 4.74 Å². The Labute approximate surface area is 189 Å². The van der Waals surface area contributed by atoms with Crippen LogP contribution in [0, 0.1) is 16.7 Å². The number of hydrogen-bond acceptors (Lipinski definition) is 9. The summed E-state index contributed by atoms with van der Waals surface area (Å²) < 4.78 is 42.3. The first-order valence-corrected chi connectivity index (χ1v) is 10.5. The minimum Gasteiger partial charge on any atom is -0.477 e. The molecule has 2 atom stereocenters. The summed E-state index contributed by atoms with van der Waals surface area (Å²) in [6, 6.07) is 2.10. The molecule has 2 aromatic rings. The van der Waals surface area contributed by atoms with Gasteiger partial charge in [-0.25, -0.2) is 15.0 Å². The Morgan fingerprint density at radius 2 is 2.06 bits per heavy atom. The Morgan fingerprint density at radius 3 is 2.76 bits per heavy atom. The van der Waals surface area contributed by atoms with Crippen molar-refractivity contribution in [3.05, 3.63) is 29.8 Å². The number of anilines is 2. The van der Waals surface area contributed by atoms with Gasteiger partial charge in [-0.3, -0.25) is 0 Å². The minimum atomic E-state index is -4.32. The largest absolute Gasteiger partial charge is 0.477 e. The van der Waals surface area contributed by atoms with Crippen molar-refractivity contribution in [1.82, 2.24) is 19.9 Å². The van der Waals surface area contributed by atoms with Gasteiger partial charge in [-0.1, -0.05) is 13.8 Å². The Morgan fingerprint density at radius 1 is 1.27 bits per heavy atom. The van der Waals surface area contributed by atoms with E-state index in [1.165, 1.54) is 18.7 Å². The summed E-state index contributed by atoms with van der Waals surface area (Å²) in [4.78, 5) is 16.3. The van der Waals surface area contributed by atoms with Crippen LogP contribution in [0.25, 0.3) is 0 Å². The normalized spacial score (nSPS) is 20.0. The van der Waals surface area contributed by atoms with Crippen LogP contribution in [-0.2, 0) is 6.54 Å². The molecule has 178 valence electrons. The molecule has 0 spiro atoms. The van der Waals surface area contributed by atoms with Gasteiger partial charge in [0.15, 0.2) is 0 Å². The van der Waals surface area contributed by atoms with E-state index in [9.17, 15) is 23.5 Å². The summed E-state index contributed by atoms with van der Waals surface area (Å²) in [5.41, 5.74) is 0.459. The molecule has 0 aromatic carbocycles. The first-order valence-electron chi connectivity index (χ1n) is 10.5. The molecule has 33 heavy (non-hydrogen) atoms. The highest BCUT2D eigenvalue weighted by atomic mass is 19.4. The van der Waals surface area contributed by atoms with Crippen LogP contribution in [0.5, 0.6) is 5.88 Å². The maximum atomic E-state index is 12.4. The fourth-order valence-electron chi connectivity index (χ4n) is 3.63. The predicted molar refractivity (Wildman–Crippen MR) is 113 cm³/mol. The Kier molecular flexibility index (Phi) is 7.53. The molecule has 0 radical (unpaired) electrons. The zero-order valence-corrected chi connectivity index (χ0v) is 18.4. The average Bonchev–Trinajstić information content (AvgIpc) is 2.75. The third-order valence-corrected chi connectivity index (χ3v) is 5.52. The lowest BCUT2D eigenvalue weighted by Gasteiger charge is -2.40. The average molecular weight is 465 g/mol. The quantitative estimate of drug-likeness (QED) is 0.537. The summed E-state index contributed by atoms with van der Waals surface area (Å²) in [6.45, 7) is 3.55. The molecule has 9 nitrogen and oxygen atoms in total. The Balaban J connectivity index is 1.66. The number of aliphatic hydroxyl groups excluding tert-OH is 1. The van der Waals surface area contributed by atoms with Crippen LogP contribution >= 0.6 is 0 Å². The Hall–Kier alpha value is -3.20. The van der Waals surface area contributed by atoms with E-state index < -0.39 is 19.2 Å². The van der Waals surface area contributed by atoms with E-state index in [1.807, 2.05) is 13.8 Å². The SMILES string of the molecule is CC1(C)C[C@H](Nc2nc(NCc3cncnc3OCCC(F)(F)F)ncc2C#N)CC[C@@H]1O. The van der Waals surface area contributed by atoms with E-state index >= 15 is 0 Å². The lowest BCUT2D eigenvalue weighted by atomic mass is 9.73. The minimum absolute atomic E-state index is 0.0365. The van der Waals surface area contributed by atoms with Gasteiger partial charge < -0.3 is 20.5 Å². The molecular formula is C21H26F3N7O2. The van der Waals surface area contributed by atoms with Crippen molar-refractivity contribution in [2.75, 3.05) is 17.2 Å². The van der Waals surface area contributed by atoms with E-state index in [1.54, 1.807) is 0 Å². The first kappa shape index (κ1) is 24.4. The van der Waals surface area contributed by atoms with Crippen LogP contribution in [-0.4, -0.2) is 50.0 Å². The summed E-state index contributed by atoms with van der Waals surface area (Å²) in [7, 11) is 0. The number of alkyl halides is 3. The topological polar surface area (TPSA) is 129 Å². The van der Waals surface area contributed by atoms with Gasteiger partial charge in [0.2, 0.25) is 11.8 Å². The van der Waals surface area contributed by atoms with Crippen LogP contribution in [0.4, 0.5) is 24.9 Å². The molecule has 0 aliphatic heterocycles. The highest BCUT2D eigenvalue weighted by Gasteiger charge is 2.36. The first-order chi connectivity index (χ1) is 15.6. The van der Waals surface area contributed by atoms with E-state index in [-0.39, 0.29) is 41.5 Å². The third-order valence-electron chi connectivity index (χ3n) is 5.52. The number of hydrogen-bond donors (Lipinski definition) is 3. The van der Waals surface area contributed by atoms with Crippen molar-refractivity contribution in [1.29, 1.82) is 5.26 Å². The second-order valence-electron chi connectivity index (χ2n) is 8.62. The van der Waals surface area contributed by atoms with Crippen molar-refractivity contribution in [3.63, 3.8) is 0 Å². The second kappa shape index (κ2) is 10.2. The molecule has 1 fully saturated rings. The van der Waals surface area contributed by atoms with Crippen molar-refractivity contribution in [3.8, 4) is 11.9 Å². The molecule has 2 aromatic heterocycles. The smallest absolute Gasteiger partial charge is 0.392 e. The molecule has 0 bridgehead atoms. The standard InChI is InChI=1S/C21H26F3N7O2/c1-20(2)7-15(3-4-16(20)32)30-17-13(8-25)10-27-19(31-17)28-11-14-9-26-12-29-18(14)33-6-5-21(22,23)24/h9-10,12,15-16,32H,3-7,11H2,1-2H3,(H2,27,28,30,31)/t15-,16+/m1/s1. The predicted octanol–water partition coefficient (Wildman–Crippen LogP) is 3.43. The number of aliphatic hydroxyl groups is 1. The molecule has 3 N–H and O–H groups in total. The number of halogens is 3. The van der Waals surface area contributed by atoms with Gasteiger partial charge in [0.05, 0.1) is 30.9 Å². The molecule has 2 heterocycles. The highest BCUT2D eigenvalue weighted by Crippen LogP contribution is 2.37. The molecule has 1 saturated carbocycles. The lowest BCUT2D eigenvalue weighted by Crippen LogP contribution is -2.41. The molecular weight excluding hydrogens is 439 g/mol. The Bertz CT molecular complexity index is 995. The summed E-state index contributed by atoms with van der Waals surface area (Å²) in [5.74, 6) is 0.631. The molecule has 12 heteroatoms. The zero-order chi connectivity index (χ0) is 24.1. The number of aromatic nitrogens is 4. The fourth-order valence-corrected chi connectivity index (χ4v) is 3.63. The molecule has 0 saturated heterocycles. The van der Waals surface area contributed by atoms with Gasteiger partial charge in [-0.2, -0.15) is 23.4 Å². The second-order valence-corrected chi connectivity index (χ2v) is 8.62. The van der Waals surface area contributed by atoms with Crippen LogP contribution in [0.2, 0.25) is 0 Å². The maximum Gasteiger partial charge on any atom is 0.392 e. The lowest BCUT2D eigenvalue weighted by molar-refractivity contribution is -0.139. The molecule has 1 aliphatic rings. The number of nitrogens with zero attached hydrogens (tertiary/aromatic N) is 5. The summed E-state index contributed by atoms with van der Waals surface area (Å²) in [6.07, 6.45) is 0.319. The molecule has 0 amide bonds. The van der Waals surface area contributed by atoms with Crippen molar-refractivity contribution in [2.45, 2.75) is 64.4 Å². The summed E-state index contributed by atoms with van der Waals surface area (Å²) >= 11 is 0. The fraction of sp³-hybridized carbons (Fsp3) is 0.571. The number of rotatable bonds is 8. The number of ether oxygens (including phenoxy) is 1. The number of nitrogens with one attached hydrogen (secondary N) is 2. The van der Waals surface area contributed by atoms with Crippen LogP contribution < -0.4 is 15.4 Å². The van der Waals surface area contributed by atoms with Crippen molar-refractivity contribution < 1.29 is 23.0 Å². The van der Waals surface area contributed by atoms with E-state index in [2.05, 4.69) is 36.6 Å². The van der Waals surface area contributed by atoms with Gasteiger partial charge in [0.25, 0.3) is 0 Å². The highest BCUT2D eigenvalue weighted by molar-refractivity contribution is 5.54. The number of nitriles is 1. The van der Waals surface area contributed by atoms with Crippen LogP contribution in [0.3, 0.4) is 0 Å². The van der Waals surface area contributed by atoms with E-state index in [0.717, 1.165) is 6.42 Å². The molecule has 3 rings (SSSR count). The molecule has 1 aliphatic carbocycles. The molecule has 0 unspecified atom stereocenters. The summed E-state index contributed by atoms with van der Waals surface area (Å²) in [5, 5.41) is 25.8. The van der Waals surface area contributed by atoms with Crippen molar-refractivity contribution in [2.24, 2.45) is 5.41 Å². The van der Waals surface area contributed by atoms with Crippen LogP contribution in [0.1, 0.15) is 50.7 Å². The van der Waals surface area contributed by atoms with Crippen LogP contribution in [0.15, 0.2) is 18.7 Å². The third kappa shape index (κ3) is 6.89.